The van der Waals surface area contributed by atoms with Crippen LogP contribution in [-0.2, 0) is 15.7 Å². The fourth-order valence-corrected chi connectivity index (χ4v) is 1.95. The SMILES string of the molecule is Nc1nccnc1C(=O)OCC(=O)Nc1ccc(Cl)c(C(F)(F)F)c1. The largest absolute Gasteiger partial charge is 0.451 e. The van der Waals surface area contributed by atoms with Gasteiger partial charge in [-0.05, 0) is 18.2 Å². The van der Waals surface area contributed by atoms with Gasteiger partial charge in [-0.3, -0.25) is 4.79 Å². The van der Waals surface area contributed by atoms with Gasteiger partial charge in [0.05, 0.1) is 10.6 Å². The molecule has 132 valence electrons. The quantitative estimate of drug-likeness (QED) is 0.796. The lowest BCUT2D eigenvalue weighted by molar-refractivity contribution is -0.137. The van der Waals surface area contributed by atoms with Crippen LogP contribution < -0.4 is 11.1 Å². The van der Waals surface area contributed by atoms with Crippen molar-refractivity contribution in [1.82, 2.24) is 9.97 Å². The van der Waals surface area contributed by atoms with Crippen LogP contribution in [0.4, 0.5) is 24.7 Å². The minimum absolute atomic E-state index is 0.156. The van der Waals surface area contributed by atoms with E-state index in [2.05, 4.69) is 20.0 Å². The molecule has 0 spiro atoms. The maximum atomic E-state index is 12.8. The summed E-state index contributed by atoms with van der Waals surface area (Å²) in [6.07, 6.45) is -2.20. The Hall–Kier alpha value is -2.88. The summed E-state index contributed by atoms with van der Waals surface area (Å²) in [5.74, 6) is -2.03. The number of alkyl halides is 3. The summed E-state index contributed by atoms with van der Waals surface area (Å²) < 4.78 is 42.9. The van der Waals surface area contributed by atoms with Gasteiger partial charge in [0.25, 0.3) is 5.91 Å². The van der Waals surface area contributed by atoms with Gasteiger partial charge in [0.15, 0.2) is 18.1 Å². The monoisotopic (exact) mass is 374 g/mol. The van der Waals surface area contributed by atoms with E-state index in [1.165, 1.54) is 18.5 Å². The van der Waals surface area contributed by atoms with Crippen molar-refractivity contribution in [3.05, 3.63) is 46.9 Å². The highest BCUT2D eigenvalue weighted by atomic mass is 35.5. The Morgan fingerprint density at radius 1 is 1.24 bits per heavy atom. The molecule has 0 bridgehead atoms. The van der Waals surface area contributed by atoms with Crippen LogP contribution in [0, 0.1) is 0 Å². The summed E-state index contributed by atoms with van der Waals surface area (Å²) in [5.41, 5.74) is 3.90. The van der Waals surface area contributed by atoms with Gasteiger partial charge < -0.3 is 15.8 Å². The standard InChI is InChI=1S/C14H10ClF3N4O3/c15-9-2-1-7(5-8(9)14(16,17)18)22-10(23)6-25-13(24)11-12(19)21-4-3-20-11/h1-5H,6H2,(H2,19,21)(H,22,23). The van der Waals surface area contributed by atoms with Crippen molar-refractivity contribution in [3.63, 3.8) is 0 Å². The molecule has 0 radical (unpaired) electrons. The molecule has 2 rings (SSSR count). The van der Waals surface area contributed by atoms with Crippen molar-refractivity contribution < 1.29 is 27.5 Å². The first-order valence-electron chi connectivity index (χ1n) is 6.58. The summed E-state index contributed by atoms with van der Waals surface area (Å²) in [6.45, 7) is -0.751. The number of halogens is 4. The average Bonchev–Trinajstić information content (AvgIpc) is 2.54. The number of carbonyl (C=O) groups is 2. The van der Waals surface area contributed by atoms with Crippen molar-refractivity contribution >= 4 is 35.0 Å². The molecule has 0 atom stereocenters. The topological polar surface area (TPSA) is 107 Å². The zero-order valence-corrected chi connectivity index (χ0v) is 13.1. The molecule has 0 fully saturated rings. The molecular formula is C14H10ClF3N4O3. The summed E-state index contributed by atoms with van der Waals surface area (Å²) in [4.78, 5) is 30.7. The number of amides is 1. The third kappa shape index (κ3) is 4.80. The van der Waals surface area contributed by atoms with Gasteiger partial charge in [-0.25, -0.2) is 14.8 Å². The van der Waals surface area contributed by atoms with E-state index >= 15 is 0 Å². The number of benzene rings is 1. The molecule has 0 aliphatic carbocycles. The zero-order valence-electron chi connectivity index (χ0n) is 12.3. The minimum atomic E-state index is -4.67. The Morgan fingerprint density at radius 2 is 1.92 bits per heavy atom. The van der Waals surface area contributed by atoms with Crippen LogP contribution in [0.1, 0.15) is 16.1 Å². The lowest BCUT2D eigenvalue weighted by Gasteiger charge is -2.12. The smallest absolute Gasteiger partial charge is 0.417 e. The number of anilines is 2. The second-order valence-electron chi connectivity index (χ2n) is 4.61. The van der Waals surface area contributed by atoms with Crippen LogP contribution in [0.15, 0.2) is 30.6 Å². The molecule has 1 heterocycles. The molecule has 0 saturated heterocycles. The highest BCUT2D eigenvalue weighted by Crippen LogP contribution is 2.36. The van der Waals surface area contributed by atoms with Crippen LogP contribution >= 0.6 is 11.6 Å². The molecule has 0 unspecified atom stereocenters. The number of hydrogen-bond acceptors (Lipinski definition) is 6. The Balaban J connectivity index is 1.99. The molecule has 2 aromatic rings. The summed E-state index contributed by atoms with van der Waals surface area (Å²) in [6, 6.07) is 2.84. The third-order valence-corrected chi connectivity index (χ3v) is 3.14. The van der Waals surface area contributed by atoms with Gasteiger partial charge in [-0.15, -0.1) is 0 Å². The molecule has 1 aromatic heterocycles. The van der Waals surface area contributed by atoms with Crippen molar-refractivity contribution in [2.24, 2.45) is 0 Å². The number of esters is 1. The lowest BCUT2D eigenvalue weighted by Crippen LogP contribution is -2.22. The Morgan fingerprint density at radius 3 is 2.56 bits per heavy atom. The van der Waals surface area contributed by atoms with Gasteiger partial charge in [0.1, 0.15) is 0 Å². The average molecular weight is 375 g/mol. The first-order chi connectivity index (χ1) is 11.7. The molecule has 3 N–H and O–H groups in total. The van der Waals surface area contributed by atoms with Crippen molar-refractivity contribution in [2.75, 3.05) is 17.7 Å². The van der Waals surface area contributed by atoms with Gasteiger partial charge in [0.2, 0.25) is 0 Å². The predicted octanol–water partition coefficient (Wildman–Crippen LogP) is 2.53. The van der Waals surface area contributed by atoms with Crippen molar-refractivity contribution in [2.45, 2.75) is 6.18 Å². The Labute approximate surface area is 144 Å². The predicted molar refractivity (Wildman–Crippen MR) is 81.8 cm³/mol. The van der Waals surface area contributed by atoms with Crippen LogP contribution in [0.25, 0.3) is 0 Å². The van der Waals surface area contributed by atoms with E-state index in [4.69, 9.17) is 17.3 Å². The van der Waals surface area contributed by atoms with E-state index in [9.17, 15) is 22.8 Å². The number of nitrogens with one attached hydrogen (secondary N) is 1. The Kier molecular flexibility index (Phi) is 5.42. The fraction of sp³-hybridized carbons (Fsp3) is 0.143. The molecule has 1 amide bonds. The Bertz CT molecular complexity index is 814. The van der Waals surface area contributed by atoms with Gasteiger partial charge >= 0.3 is 12.1 Å². The molecule has 1 aromatic carbocycles. The number of nitrogens with two attached hydrogens (primary N) is 1. The number of nitrogens with zero attached hydrogens (tertiary/aromatic N) is 2. The van der Waals surface area contributed by atoms with E-state index in [1.54, 1.807) is 0 Å². The molecule has 0 aliphatic heterocycles. The third-order valence-electron chi connectivity index (χ3n) is 2.81. The number of hydrogen-bond donors (Lipinski definition) is 2. The van der Waals surface area contributed by atoms with Crippen LogP contribution in [0.3, 0.4) is 0 Å². The molecule has 7 nitrogen and oxygen atoms in total. The van der Waals surface area contributed by atoms with Gasteiger partial charge in [0, 0.05) is 18.1 Å². The maximum Gasteiger partial charge on any atom is 0.417 e. The molecule has 11 heteroatoms. The minimum Gasteiger partial charge on any atom is -0.451 e. The van der Waals surface area contributed by atoms with E-state index in [-0.39, 0.29) is 17.2 Å². The van der Waals surface area contributed by atoms with E-state index in [0.717, 1.165) is 6.07 Å². The number of aromatic nitrogens is 2. The molecule has 0 aliphatic rings. The number of rotatable bonds is 4. The number of nitrogen functional groups attached to an aromatic ring is 1. The first-order valence-corrected chi connectivity index (χ1v) is 6.96. The molecule has 25 heavy (non-hydrogen) atoms. The van der Waals surface area contributed by atoms with Gasteiger partial charge in [-0.1, -0.05) is 11.6 Å². The van der Waals surface area contributed by atoms with Crippen LogP contribution in [-0.4, -0.2) is 28.5 Å². The van der Waals surface area contributed by atoms with Crippen molar-refractivity contribution in [3.8, 4) is 0 Å². The highest BCUT2D eigenvalue weighted by Gasteiger charge is 2.33. The normalized spacial score (nSPS) is 11.0. The number of ether oxygens (including phenoxy) is 1. The molecule has 0 saturated carbocycles. The lowest BCUT2D eigenvalue weighted by atomic mass is 10.2. The van der Waals surface area contributed by atoms with E-state index < -0.39 is 35.2 Å². The van der Waals surface area contributed by atoms with Gasteiger partial charge in [-0.2, -0.15) is 13.2 Å². The highest BCUT2D eigenvalue weighted by molar-refractivity contribution is 6.31. The van der Waals surface area contributed by atoms with E-state index in [0.29, 0.717) is 6.07 Å². The summed E-state index contributed by atoms with van der Waals surface area (Å²) in [5, 5.41) is 1.66. The number of carbonyl (C=O) groups excluding carboxylic acids is 2. The zero-order chi connectivity index (χ0) is 18.6. The van der Waals surface area contributed by atoms with Crippen molar-refractivity contribution in [1.29, 1.82) is 0 Å². The second kappa shape index (κ2) is 7.34. The molecular weight excluding hydrogens is 365 g/mol. The first kappa shape index (κ1) is 18.5. The summed E-state index contributed by atoms with van der Waals surface area (Å²) >= 11 is 5.48. The second-order valence-corrected chi connectivity index (χ2v) is 5.01. The fourth-order valence-electron chi connectivity index (χ4n) is 1.72. The van der Waals surface area contributed by atoms with Crippen LogP contribution in [0.5, 0.6) is 0 Å². The summed E-state index contributed by atoms with van der Waals surface area (Å²) in [7, 11) is 0. The van der Waals surface area contributed by atoms with E-state index in [1.807, 2.05) is 0 Å². The van der Waals surface area contributed by atoms with Crippen LogP contribution in [0.2, 0.25) is 5.02 Å². The maximum absolute atomic E-state index is 12.8.